The number of hydrogen-bond donors (Lipinski definition) is 2. The van der Waals surface area contributed by atoms with Gasteiger partial charge in [-0.15, -0.1) is 0 Å². The maximum atomic E-state index is 13.3. The van der Waals surface area contributed by atoms with Crippen molar-refractivity contribution in [2.24, 2.45) is 10.9 Å². The van der Waals surface area contributed by atoms with Crippen LogP contribution in [0.3, 0.4) is 0 Å². The third kappa shape index (κ3) is 5.58. The van der Waals surface area contributed by atoms with Crippen molar-refractivity contribution in [3.05, 3.63) is 35.1 Å². The quantitative estimate of drug-likeness (QED) is 0.600. The van der Waals surface area contributed by atoms with Gasteiger partial charge in [0.25, 0.3) is 0 Å². The lowest BCUT2D eigenvalue weighted by Gasteiger charge is -2.14. The zero-order chi connectivity index (χ0) is 15.1. The highest BCUT2D eigenvalue weighted by Crippen LogP contribution is 2.31. The molecule has 2 N–H and O–H groups in total. The lowest BCUT2D eigenvalue weighted by Crippen LogP contribution is -2.37. The van der Waals surface area contributed by atoms with Crippen molar-refractivity contribution in [1.29, 1.82) is 0 Å². The van der Waals surface area contributed by atoms with Crippen molar-refractivity contribution in [3.63, 3.8) is 0 Å². The van der Waals surface area contributed by atoms with Crippen LogP contribution >= 0.6 is 11.8 Å². The number of nitrogens with zero attached hydrogens (tertiary/aromatic N) is 1. The first-order valence-electron chi connectivity index (χ1n) is 7.43. The number of rotatable bonds is 7. The SMILES string of the molecule is CN=C(NCCC1CC1)NCc1ccc(F)cc1CSC. The minimum absolute atomic E-state index is 0.172. The summed E-state index contributed by atoms with van der Waals surface area (Å²) in [4.78, 5) is 4.23. The summed E-state index contributed by atoms with van der Waals surface area (Å²) >= 11 is 1.70. The van der Waals surface area contributed by atoms with E-state index < -0.39 is 0 Å². The van der Waals surface area contributed by atoms with E-state index in [0.29, 0.717) is 6.54 Å². The molecule has 21 heavy (non-hydrogen) atoms. The number of guanidine groups is 1. The van der Waals surface area contributed by atoms with E-state index >= 15 is 0 Å². The third-order valence-electron chi connectivity index (χ3n) is 3.68. The Hall–Kier alpha value is -1.23. The van der Waals surface area contributed by atoms with Gasteiger partial charge < -0.3 is 10.6 Å². The van der Waals surface area contributed by atoms with Crippen LogP contribution in [0.1, 0.15) is 30.4 Å². The summed E-state index contributed by atoms with van der Waals surface area (Å²) in [7, 11) is 1.78. The molecular formula is C16H24FN3S. The summed E-state index contributed by atoms with van der Waals surface area (Å²) in [6.07, 6.45) is 6.00. The van der Waals surface area contributed by atoms with E-state index in [1.165, 1.54) is 25.3 Å². The van der Waals surface area contributed by atoms with Crippen LogP contribution in [0.5, 0.6) is 0 Å². The fourth-order valence-electron chi connectivity index (χ4n) is 2.26. The first-order chi connectivity index (χ1) is 10.2. The van der Waals surface area contributed by atoms with E-state index in [-0.39, 0.29) is 5.82 Å². The Balaban J connectivity index is 1.84. The molecule has 0 radical (unpaired) electrons. The van der Waals surface area contributed by atoms with Gasteiger partial charge in [0.2, 0.25) is 0 Å². The molecule has 0 atom stereocenters. The number of thioether (sulfide) groups is 1. The van der Waals surface area contributed by atoms with Crippen molar-refractivity contribution in [3.8, 4) is 0 Å². The van der Waals surface area contributed by atoms with Crippen molar-refractivity contribution in [1.82, 2.24) is 10.6 Å². The first-order valence-corrected chi connectivity index (χ1v) is 8.83. The predicted molar refractivity (Wildman–Crippen MR) is 89.2 cm³/mol. The van der Waals surface area contributed by atoms with Gasteiger partial charge in [-0.05, 0) is 41.9 Å². The van der Waals surface area contributed by atoms with E-state index in [1.54, 1.807) is 24.9 Å². The van der Waals surface area contributed by atoms with Gasteiger partial charge in [0.15, 0.2) is 5.96 Å². The predicted octanol–water partition coefficient (Wildman–Crippen LogP) is 3.15. The van der Waals surface area contributed by atoms with Gasteiger partial charge in [0.1, 0.15) is 5.82 Å². The Bertz CT molecular complexity index is 486. The van der Waals surface area contributed by atoms with Crippen LogP contribution < -0.4 is 10.6 Å². The molecule has 0 aliphatic heterocycles. The number of benzene rings is 1. The smallest absolute Gasteiger partial charge is 0.191 e. The number of halogens is 1. The van der Waals surface area contributed by atoms with Crippen LogP contribution in [0.15, 0.2) is 23.2 Å². The third-order valence-corrected chi connectivity index (χ3v) is 4.28. The number of aliphatic imine (C=N–C) groups is 1. The standard InChI is InChI=1S/C16H24FN3S/c1-18-16(19-8-7-12-3-4-12)20-10-13-5-6-15(17)9-14(13)11-21-2/h5-6,9,12H,3-4,7-8,10-11H2,1-2H3,(H2,18,19,20). The Kier molecular flexibility index (Phi) is 6.36. The number of nitrogens with one attached hydrogen (secondary N) is 2. The van der Waals surface area contributed by atoms with Crippen LogP contribution in [0.4, 0.5) is 4.39 Å². The molecule has 0 spiro atoms. The van der Waals surface area contributed by atoms with Gasteiger partial charge in [-0.3, -0.25) is 4.99 Å². The second-order valence-corrected chi connectivity index (χ2v) is 6.30. The van der Waals surface area contributed by atoms with Crippen LogP contribution in [0.2, 0.25) is 0 Å². The van der Waals surface area contributed by atoms with E-state index in [4.69, 9.17) is 0 Å². The summed E-state index contributed by atoms with van der Waals surface area (Å²) in [5.41, 5.74) is 2.17. The molecule has 0 unspecified atom stereocenters. The molecule has 0 aromatic heterocycles. The zero-order valence-electron chi connectivity index (χ0n) is 12.8. The Labute approximate surface area is 130 Å². The lowest BCUT2D eigenvalue weighted by atomic mass is 10.1. The van der Waals surface area contributed by atoms with Crippen LogP contribution in [0, 0.1) is 11.7 Å². The van der Waals surface area contributed by atoms with Gasteiger partial charge in [-0.25, -0.2) is 4.39 Å². The van der Waals surface area contributed by atoms with Gasteiger partial charge in [0, 0.05) is 25.9 Å². The summed E-state index contributed by atoms with van der Waals surface area (Å²) in [5.74, 6) is 2.38. The van der Waals surface area contributed by atoms with Crippen LogP contribution in [-0.2, 0) is 12.3 Å². The molecule has 0 bridgehead atoms. The van der Waals surface area contributed by atoms with Crippen LogP contribution in [-0.4, -0.2) is 25.8 Å². The molecule has 1 saturated carbocycles. The molecule has 1 fully saturated rings. The van der Waals surface area contributed by atoms with E-state index in [9.17, 15) is 4.39 Å². The Morgan fingerprint density at radius 3 is 2.81 bits per heavy atom. The maximum absolute atomic E-state index is 13.3. The largest absolute Gasteiger partial charge is 0.356 e. The van der Waals surface area contributed by atoms with Crippen LogP contribution in [0.25, 0.3) is 0 Å². The maximum Gasteiger partial charge on any atom is 0.191 e. The molecule has 1 aliphatic carbocycles. The second kappa shape index (κ2) is 8.27. The topological polar surface area (TPSA) is 36.4 Å². The first kappa shape index (κ1) is 16.1. The summed E-state index contributed by atoms with van der Waals surface area (Å²) in [5, 5.41) is 6.64. The molecule has 1 aromatic rings. The van der Waals surface area contributed by atoms with Crippen molar-refractivity contribution in [2.45, 2.75) is 31.6 Å². The zero-order valence-corrected chi connectivity index (χ0v) is 13.6. The second-order valence-electron chi connectivity index (χ2n) is 5.43. The molecule has 1 aromatic carbocycles. The highest BCUT2D eigenvalue weighted by molar-refractivity contribution is 7.97. The molecule has 0 amide bonds. The summed E-state index contributed by atoms with van der Waals surface area (Å²) in [6, 6.07) is 4.99. The minimum Gasteiger partial charge on any atom is -0.356 e. The van der Waals surface area contributed by atoms with Crippen molar-refractivity contribution < 1.29 is 4.39 Å². The molecule has 0 heterocycles. The normalized spacial score (nSPS) is 15.1. The molecule has 0 saturated heterocycles. The fourth-order valence-corrected chi connectivity index (χ4v) is 2.84. The van der Waals surface area contributed by atoms with Gasteiger partial charge in [0.05, 0.1) is 0 Å². The lowest BCUT2D eigenvalue weighted by molar-refractivity contribution is 0.625. The molecular weight excluding hydrogens is 285 g/mol. The van der Waals surface area contributed by atoms with E-state index in [2.05, 4.69) is 15.6 Å². The highest BCUT2D eigenvalue weighted by atomic mass is 32.2. The van der Waals surface area contributed by atoms with Crippen molar-refractivity contribution in [2.75, 3.05) is 19.8 Å². The van der Waals surface area contributed by atoms with Crippen molar-refractivity contribution >= 4 is 17.7 Å². The fraction of sp³-hybridized carbons (Fsp3) is 0.562. The van der Waals surface area contributed by atoms with Gasteiger partial charge in [-0.1, -0.05) is 18.9 Å². The molecule has 5 heteroatoms. The molecule has 116 valence electrons. The molecule has 3 nitrogen and oxygen atoms in total. The molecule has 2 rings (SSSR count). The Morgan fingerprint density at radius 2 is 2.14 bits per heavy atom. The van der Waals surface area contributed by atoms with E-state index in [0.717, 1.165) is 35.3 Å². The Morgan fingerprint density at radius 1 is 1.33 bits per heavy atom. The monoisotopic (exact) mass is 309 g/mol. The van der Waals surface area contributed by atoms with Gasteiger partial charge in [-0.2, -0.15) is 11.8 Å². The number of hydrogen-bond acceptors (Lipinski definition) is 2. The summed E-state index contributed by atoms with van der Waals surface area (Å²) in [6.45, 7) is 1.63. The van der Waals surface area contributed by atoms with E-state index in [1.807, 2.05) is 12.3 Å². The highest BCUT2D eigenvalue weighted by Gasteiger charge is 2.20. The van der Waals surface area contributed by atoms with Gasteiger partial charge >= 0.3 is 0 Å². The average Bonchev–Trinajstić information content (AvgIpc) is 3.29. The minimum atomic E-state index is -0.172. The average molecular weight is 309 g/mol. The summed E-state index contributed by atoms with van der Waals surface area (Å²) < 4.78 is 13.3. The molecule has 1 aliphatic rings.